The molecule has 2 N–H and O–H groups in total. The molecule has 6 nitrogen and oxygen atoms in total. The van der Waals surface area contributed by atoms with Gasteiger partial charge in [-0.25, -0.2) is 8.42 Å². The van der Waals surface area contributed by atoms with Crippen LogP contribution in [0.1, 0.15) is 19.8 Å². The van der Waals surface area contributed by atoms with E-state index in [0.29, 0.717) is 5.75 Å². The molecule has 2 atom stereocenters. The van der Waals surface area contributed by atoms with E-state index in [1.54, 1.807) is 19.1 Å². The molecule has 0 radical (unpaired) electrons. The molecular formula is C16H25ClN2O4S. The lowest BCUT2D eigenvalue weighted by atomic mass is 10.1. The van der Waals surface area contributed by atoms with Gasteiger partial charge < -0.3 is 15.4 Å². The molecule has 1 heterocycles. The number of rotatable bonds is 6. The van der Waals surface area contributed by atoms with E-state index in [4.69, 9.17) is 4.74 Å². The molecule has 1 aliphatic heterocycles. The van der Waals surface area contributed by atoms with Gasteiger partial charge in [-0.15, -0.1) is 12.4 Å². The van der Waals surface area contributed by atoms with Gasteiger partial charge in [0.15, 0.2) is 9.84 Å². The van der Waals surface area contributed by atoms with Gasteiger partial charge in [-0.1, -0.05) is 6.92 Å². The van der Waals surface area contributed by atoms with Crippen LogP contribution in [0, 0.1) is 5.92 Å². The van der Waals surface area contributed by atoms with E-state index in [2.05, 4.69) is 10.6 Å². The van der Waals surface area contributed by atoms with Crippen LogP contribution in [-0.2, 0) is 14.6 Å². The Labute approximate surface area is 149 Å². The van der Waals surface area contributed by atoms with E-state index in [0.717, 1.165) is 25.9 Å². The van der Waals surface area contributed by atoms with Crippen LogP contribution in [0.25, 0.3) is 0 Å². The number of halogens is 1. The summed E-state index contributed by atoms with van der Waals surface area (Å²) in [7, 11) is -1.98. The molecule has 1 aromatic rings. The molecule has 2 unspecified atom stereocenters. The van der Waals surface area contributed by atoms with E-state index in [1.807, 2.05) is 0 Å². The maximum atomic E-state index is 12.4. The first-order valence-corrected chi connectivity index (χ1v) is 9.45. The summed E-state index contributed by atoms with van der Waals surface area (Å²) in [6, 6.07) is 6.30. The number of carbonyl (C=O) groups is 1. The zero-order chi connectivity index (χ0) is 16.9. The van der Waals surface area contributed by atoms with Gasteiger partial charge in [0, 0.05) is 18.5 Å². The largest absolute Gasteiger partial charge is 0.497 e. The molecule has 24 heavy (non-hydrogen) atoms. The van der Waals surface area contributed by atoms with E-state index < -0.39 is 15.8 Å². The molecule has 1 aromatic carbocycles. The van der Waals surface area contributed by atoms with Gasteiger partial charge in [0.25, 0.3) is 0 Å². The third-order valence-electron chi connectivity index (χ3n) is 3.98. The third kappa shape index (κ3) is 5.65. The first-order chi connectivity index (χ1) is 10.9. The highest BCUT2D eigenvalue weighted by atomic mass is 35.5. The summed E-state index contributed by atoms with van der Waals surface area (Å²) in [5, 5.41) is 6.14. The fourth-order valence-corrected chi connectivity index (χ4v) is 4.16. The van der Waals surface area contributed by atoms with Gasteiger partial charge in [0.1, 0.15) is 5.75 Å². The molecule has 8 heteroatoms. The maximum absolute atomic E-state index is 12.4. The second-order valence-corrected chi connectivity index (χ2v) is 7.94. The van der Waals surface area contributed by atoms with Gasteiger partial charge in [-0.05, 0) is 43.7 Å². The topological polar surface area (TPSA) is 84.5 Å². The summed E-state index contributed by atoms with van der Waals surface area (Å²) in [6.07, 6.45) is 1.94. The number of nitrogens with one attached hydrogen (secondary N) is 2. The summed E-state index contributed by atoms with van der Waals surface area (Å²) >= 11 is 0. The molecule has 0 aromatic heterocycles. The number of amides is 1. The SMILES string of the molecule is COc1ccc(S(=O)(=O)CC(C)C(=O)NC2CCCNC2)cc1.Cl. The predicted octanol–water partition coefficient (Wildman–Crippen LogP) is 1.39. The van der Waals surface area contributed by atoms with Crippen molar-refractivity contribution in [1.29, 1.82) is 0 Å². The Hall–Kier alpha value is -1.31. The number of methoxy groups -OCH3 is 1. The zero-order valence-corrected chi connectivity index (χ0v) is 15.6. The summed E-state index contributed by atoms with van der Waals surface area (Å²) in [5.41, 5.74) is 0. The van der Waals surface area contributed by atoms with E-state index >= 15 is 0 Å². The van der Waals surface area contributed by atoms with Gasteiger partial charge in [0.2, 0.25) is 5.91 Å². The number of carbonyl (C=O) groups excluding carboxylic acids is 1. The summed E-state index contributed by atoms with van der Waals surface area (Å²) in [4.78, 5) is 12.4. The second kappa shape index (κ2) is 9.25. The Bertz CT molecular complexity index is 628. The van der Waals surface area contributed by atoms with Crippen LogP contribution in [0.2, 0.25) is 0 Å². The van der Waals surface area contributed by atoms with Crippen LogP contribution < -0.4 is 15.4 Å². The molecule has 136 valence electrons. The van der Waals surface area contributed by atoms with Crippen LogP contribution in [0.5, 0.6) is 5.75 Å². The Kier molecular flexibility index (Phi) is 7.99. The van der Waals surface area contributed by atoms with Gasteiger partial charge >= 0.3 is 0 Å². The number of hydrogen-bond acceptors (Lipinski definition) is 5. The van der Waals surface area contributed by atoms with Gasteiger partial charge in [0.05, 0.1) is 17.8 Å². The van der Waals surface area contributed by atoms with Crippen molar-refractivity contribution >= 4 is 28.2 Å². The molecule has 0 aliphatic carbocycles. The molecule has 1 aliphatic rings. The average Bonchev–Trinajstić information content (AvgIpc) is 2.55. The van der Waals surface area contributed by atoms with Crippen molar-refractivity contribution in [3.63, 3.8) is 0 Å². The number of hydrogen-bond donors (Lipinski definition) is 2. The van der Waals surface area contributed by atoms with E-state index in [1.165, 1.54) is 19.2 Å². The summed E-state index contributed by atoms with van der Waals surface area (Å²) in [5.74, 6) is -0.412. The quantitative estimate of drug-likeness (QED) is 0.783. The number of piperidine rings is 1. The molecular weight excluding hydrogens is 352 g/mol. The monoisotopic (exact) mass is 376 g/mol. The standard InChI is InChI=1S/C16H24N2O4S.ClH/c1-12(16(19)18-13-4-3-9-17-10-13)11-23(20,21)15-7-5-14(22-2)6-8-15;/h5-8,12-13,17H,3-4,9-11H2,1-2H3,(H,18,19);1H. The molecule has 1 amide bonds. The number of sulfone groups is 1. The van der Waals surface area contributed by atoms with Gasteiger partial charge in [-0.3, -0.25) is 4.79 Å². The Morgan fingerprint density at radius 1 is 1.38 bits per heavy atom. The molecule has 2 rings (SSSR count). The van der Waals surface area contributed by atoms with Crippen molar-refractivity contribution in [2.75, 3.05) is 26.0 Å². The number of benzene rings is 1. The third-order valence-corrected chi connectivity index (χ3v) is 5.91. The van der Waals surface area contributed by atoms with E-state index in [-0.39, 0.29) is 35.0 Å². The summed E-state index contributed by atoms with van der Waals surface area (Å²) < 4.78 is 29.8. The normalized spacial score (nSPS) is 19.0. The Morgan fingerprint density at radius 2 is 2.04 bits per heavy atom. The van der Waals surface area contributed by atoms with Crippen molar-refractivity contribution in [3.8, 4) is 5.75 Å². The minimum Gasteiger partial charge on any atom is -0.497 e. The molecule has 1 saturated heterocycles. The highest BCUT2D eigenvalue weighted by molar-refractivity contribution is 7.91. The zero-order valence-electron chi connectivity index (χ0n) is 13.9. The van der Waals surface area contributed by atoms with Gasteiger partial charge in [-0.2, -0.15) is 0 Å². The second-order valence-electron chi connectivity index (χ2n) is 5.91. The lowest BCUT2D eigenvalue weighted by Gasteiger charge is -2.25. The first-order valence-electron chi connectivity index (χ1n) is 7.80. The molecule has 0 saturated carbocycles. The van der Waals surface area contributed by atoms with Crippen molar-refractivity contribution in [2.24, 2.45) is 5.92 Å². The average molecular weight is 377 g/mol. The molecule has 0 bridgehead atoms. The predicted molar refractivity (Wildman–Crippen MR) is 95.5 cm³/mol. The molecule has 1 fully saturated rings. The highest BCUT2D eigenvalue weighted by Crippen LogP contribution is 2.18. The van der Waals surface area contributed by atoms with Crippen LogP contribution in [0.3, 0.4) is 0 Å². The minimum atomic E-state index is -3.50. The Balaban J connectivity index is 0.00000288. The minimum absolute atomic E-state index is 0. The van der Waals surface area contributed by atoms with Crippen molar-refractivity contribution in [1.82, 2.24) is 10.6 Å². The van der Waals surface area contributed by atoms with Crippen LogP contribution in [0.15, 0.2) is 29.2 Å². The molecule has 0 spiro atoms. The van der Waals surface area contributed by atoms with Crippen LogP contribution in [-0.4, -0.2) is 46.3 Å². The fourth-order valence-electron chi connectivity index (χ4n) is 2.60. The van der Waals surface area contributed by atoms with Crippen molar-refractivity contribution < 1.29 is 17.9 Å². The van der Waals surface area contributed by atoms with Crippen LogP contribution in [0.4, 0.5) is 0 Å². The number of ether oxygens (including phenoxy) is 1. The smallest absolute Gasteiger partial charge is 0.224 e. The summed E-state index contributed by atoms with van der Waals surface area (Å²) in [6.45, 7) is 3.35. The maximum Gasteiger partial charge on any atom is 0.224 e. The van der Waals surface area contributed by atoms with Crippen molar-refractivity contribution in [2.45, 2.75) is 30.7 Å². The highest BCUT2D eigenvalue weighted by Gasteiger charge is 2.25. The fraction of sp³-hybridized carbons (Fsp3) is 0.562. The van der Waals surface area contributed by atoms with E-state index in [9.17, 15) is 13.2 Å². The first kappa shape index (κ1) is 20.7. The van der Waals surface area contributed by atoms with Crippen LogP contribution >= 0.6 is 12.4 Å². The van der Waals surface area contributed by atoms with Crippen molar-refractivity contribution in [3.05, 3.63) is 24.3 Å². The lowest BCUT2D eigenvalue weighted by molar-refractivity contribution is -0.124. The Morgan fingerprint density at radius 3 is 2.58 bits per heavy atom. The lowest BCUT2D eigenvalue weighted by Crippen LogP contribution is -2.47.